The van der Waals surface area contributed by atoms with Crippen molar-refractivity contribution < 1.29 is 47.7 Å². The van der Waals surface area contributed by atoms with E-state index in [0.29, 0.717) is 0 Å². The van der Waals surface area contributed by atoms with Gasteiger partial charge < -0.3 is 20.7 Å². The van der Waals surface area contributed by atoms with Crippen LogP contribution in [0.2, 0.25) is 0 Å². The van der Waals surface area contributed by atoms with Gasteiger partial charge in [0, 0.05) is 32.7 Å². The molecule has 4 nitrogen and oxygen atoms in total. The van der Waals surface area contributed by atoms with Crippen molar-refractivity contribution in [2.45, 2.75) is 18.4 Å². The van der Waals surface area contributed by atoms with Crippen LogP contribution in [0.3, 0.4) is 0 Å². The van der Waals surface area contributed by atoms with E-state index in [0.717, 1.165) is 0 Å². The Morgan fingerprint density at radius 1 is 1.44 bits per heavy atom. The van der Waals surface area contributed by atoms with Gasteiger partial charge in [0.05, 0.1) is 12.7 Å². The van der Waals surface area contributed by atoms with E-state index in [4.69, 9.17) is 15.9 Å². The fourth-order valence-corrected chi connectivity index (χ4v) is 0.601. The van der Waals surface area contributed by atoms with Crippen molar-refractivity contribution in [2.75, 3.05) is 6.61 Å². The molecule has 1 fully saturated rings. The van der Waals surface area contributed by atoms with Crippen molar-refractivity contribution >= 4 is 0 Å². The van der Waals surface area contributed by atoms with Crippen molar-refractivity contribution in [3.05, 3.63) is 5.73 Å². The van der Waals surface area contributed by atoms with E-state index in [2.05, 4.69) is 4.74 Å². The van der Waals surface area contributed by atoms with Gasteiger partial charge in [-0.15, -0.1) is 0 Å². The summed E-state index contributed by atoms with van der Waals surface area (Å²) in [6, 6.07) is 0. The Labute approximate surface area is 78.3 Å². The fraction of sp³-hybridized carbons (Fsp3) is 1.00. The summed E-state index contributed by atoms with van der Waals surface area (Å²) in [7, 11) is 0. The van der Waals surface area contributed by atoms with Crippen LogP contribution >= 0.6 is 0 Å². The molecule has 1 rings (SSSR count). The Morgan fingerprint density at radius 2 is 2.00 bits per heavy atom. The Hall–Kier alpha value is 0.944. The maximum absolute atomic E-state index is 8.70. The third-order valence-corrected chi connectivity index (χ3v) is 1.15. The second kappa shape index (κ2) is 3.96. The summed E-state index contributed by atoms with van der Waals surface area (Å²) in [5.74, 6) is 0. The molecule has 0 amide bonds. The maximum atomic E-state index is 8.70. The van der Waals surface area contributed by atoms with Crippen molar-refractivity contribution in [3.63, 3.8) is 0 Å². The molecule has 0 spiro atoms. The molecule has 0 aliphatic carbocycles. The summed E-state index contributed by atoms with van der Waals surface area (Å²) in [6.45, 7) is 0.0787. The Morgan fingerprint density at radius 3 is 2.11 bits per heavy atom. The molecule has 0 bridgehead atoms. The van der Waals surface area contributed by atoms with Crippen molar-refractivity contribution in [1.82, 2.24) is 0 Å². The maximum Gasteiger partial charge on any atom is 0.104 e. The van der Waals surface area contributed by atoms with E-state index in [-0.39, 0.29) is 39.3 Å². The molecule has 0 aromatic carbocycles. The first-order valence-corrected chi connectivity index (χ1v) is 2.40. The predicted octanol–water partition coefficient (Wildman–Crippen LogP) is -0.886. The van der Waals surface area contributed by atoms with Gasteiger partial charge in [-0.05, 0) is 6.23 Å². The zero-order chi connectivity index (χ0) is 6.15. The molecular weight excluding hydrogens is 199 g/mol. The molecule has 0 aromatic rings. The summed E-state index contributed by atoms with van der Waals surface area (Å²) in [5.41, 5.74) is 6.84. The Kier molecular flexibility index (Phi) is 4.37. The topological polar surface area (TPSA) is 73.5 Å². The first kappa shape index (κ1) is 9.94. The number of nitrogens with one attached hydrogen (secondary N) is 1. The molecule has 3 atom stereocenters. The number of hydrogen-bond donors (Lipinski definition) is 2. The second-order valence-electron chi connectivity index (χ2n) is 1.81. The molecule has 0 aromatic heterocycles. The van der Waals surface area contributed by atoms with Gasteiger partial charge in [0.1, 0.15) is 6.10 Å². The fourth-order valence-electron chi connectivity index (χ4n) is 0.601. The molecule has 5 heteroatoms. The molecule has 51 valence electrons. The zero-order valence-electron chi connectivity index (χ0n) is 4.82. The van der Waals surface area contributed by atoms with Gasteiger partial charge in [-0.25, -0.2) is 0 Å². The minimum Gasteiger partial charge on any atom is -0.649 e. The van der Waals surface area contributed by atoms with Crippen LogP contribution in [0.15, 0.2) is 0 Å². The molecule has 1 aliphatic rings. The summed E-state index contributed by atoms with van der Waals surface area (Å²) in [6.07, 6.45) is -2.84. The quantitative estimate of drug-likeness (QED) is 0.541. The smallest absolute Gasteiger partial charge is 0.104 e. The van der Waals surface area contributed by atoms with E-state index in [1.807, 2.05) is 0 Å². The van der Waals surface area contributed by atoms with Gasteiger partial charge in [0.2, 0.25) is 0 Å². The molecule has 1 aliphatic heterocycles. The first-order chi connectivity index (χ1) is 3.72. The van der Waals surface area contributed by atoms with Gasteiger partial charge in [-0.3, -0.25) is 0 Å². The molecule has 9 heavy (non-hydrogen) atoms. The van der Waals surface area contributed by atoms with Gasteiger partial charge in [-0.2, -0.15) is 0 Å². The van der Waals surface area contributed by atoms with Crippen molar-refractivity contribution in [2.24, 2.45) is 0 Å². The zero-order valence-corrected chi connectivity index (χ0v) is 7.66. The van der Waals surface area contributed by atoms with Crippen LogP contribution in [-0.2, 0) is 37.4 Å². The summed E-state index contributed by atoms with van der Waals surface area (Å²) >= 11 is 0. The third-order valence-electron chi connectivity index (χ3n) is 1.15. The van der Waals surface area contributed by atoms with Gasteiger partial charge in [0.15, 0.2) is 0 Å². The molecule has 0 saturated carbocycles. The predicted molar refractivity (Wildman–Crippen MR) is 26.1 cm³/mol. The monoisotopic (exact) mass is 207 g/mol. The van der Waals surface area contributed by atoms with E-state index >= 15 is 0 Å². The molecule has 3 unspecified atom stereocenters. The van der Waals surface area contributed by atoms with Gasteiger partial charge in [-0.1, -0.05) is 0 Å². The van der Waals surface area contributed by atoms with E-state index in [9.17, 15) is 0 Å². The normalized spacial score (nSPS) is 42.3. The minimum absolute atomic E-state index is 0. The minimum atomic E-state index is -1.02. The average molecular weight is 207 g/mol. The number of aliphatic hydroxyl groups is 2. The van der Waals surface area contributed by atoms with Crippen LogP contribution in [0.5, 0.6) is 0 Å². The Bertz CT molecular complexity index is 81.9. The standard InChI is InChI=1S/C4H8NO3.Y/c5-4-3(7)2(6)1-8-4;/h2-7H,1H2;/q-1;. The van der Waals surface area contributed by atoms with Crippen LogP contribution in [0.4, 0.5) is 0 Å². The number of aliphatic hydroxyl groups excluding tert-OH is 2. The van der Waals surface area contributed by atoms with Gasteiger partial charge >= 0.3 is 0 Å². The number of ether oxygens (including phenoxy) is 1. The van der Waals surface area contributed by atoms with E-state index in [1.165, 1.54) is 0 Å². The molecule has 1 saturated heterocycles. The average Bonchev–Trinajstić information content (AvgIpc) is 1.98. The van der Waals surface area contributed by atoms with E-state index < -0.39 is 18.4 Å². The second-order valence-corrected chi connectivity index (χ2v) is 1.81. The molecule has 1 heterocycles. The van der Waals surface area contributed by atoms with Crippen LogP contribution < -0.4 is 0 Å². The third kappa shape index (κ3) is 2.22. The van der Waals surface area contributed by atoms with Crippen LogP contribution in [0, 0.1) is 0 Å². The van der Waals surface area contributed by atoms with Gasteiger partial charge in [0.25, 0.3) is 0 Å². The number of rotatable bonds is 0. The molecule has 1 radical (unpaired) electrons. The number of hydrogen-bond acceptors (Lipinski definition) is 3. The summed E-state index contributed by atoms with van der Waals surface area (Å²) in [5, 5.41) is 17.4. The summed E-state index contributed by atoms with van der Waals surface area (Å²) in [4.78, 5) is 0. The van der Waals surface area contributed by atoms with Crippen LogP contribution in [0.25, 0.3) is 5.73 Å². The molecule has 3 N–H and O–H groups in total. The van der Waals surface area contributed by atoms with E-state index in [1.54, 1.807) is 0 Å². The van der Waals surface area contributed by atoms with Crippen molar-refractivity contribution in [3.8, 4) is 0 Å². The van der Waals surface area contributed by atoms with Crippen LogP contribution in [-0.4, -0.2) is 35.3 Å². The van der Waals surface area contributed by atoms with Crippen LogP contribution in [0.1, 0.15) is 0 Å². The largest absolute Gasteiger partial charge is 0.649 e. The summed E-state index contributed by atoms with van der Waals surface area (Å²) < 4.78 is 4.54. The SMILES string of the molecule is [NH-]C1OCC(O)C1O.[Y]. The molecular formula is C4H8NO3Y-. The van der Waals surface area contributed by atoms with Crippen molar-refractivity contribution in [1.29, 1.82) is 0 Å². The Balaban J connectivity index is 0.000000640. The first-order valence-electron chi connectivity index (χ1n) is 2.40.